The Morgan fingerprint density at radius 1 is 1.14 bits per heavy atom. The number of hydrogen-bond acceptors (Lipinski definition) is 6. The Bertz CT molecular complexity index is 1010. The van der Waals surface area contributed by atoms with Gasteiger partial charge in [0.2, 0.25) is 5.91 Å². The minimum atomic E-state index is -0.160. The van der Waals surface area contributed by atoms with Crippen molar-refractivity contribution in [1.82, 2.24) is 14.8 Å². The highest BCUT2D eigenvalue weighted by atomic mass is 35.5. The van der Waals surface area contributed by atoms with Gasteiger partial charge in [0, 0.05) is 11.6 Å². The summed E-state index contributed by atoms with van der Waals surface area (Å²) in [6.45, 7) is 2.62. The molecule has 1 heterocycles. The molecule has 1 aromatic heterocycles. The summed E-state index contributed by atoms with van der Waals surface area (Å²) >= 11 is 7.46. The fourth-order valence-electron chi connectivity index (χ4n) is 2.80. The van der Waals surface area contributed by atoms with Gasteiger partial charge in [-0.05, 0) is 37.3 Å². The number of thioether (sulfide) groups is 1. The maximum absolute atomic E-state index is 12.4. The molecule has 0 bridgehead atoms. The van der Waals surface area contributed by atoms with Crippen LogP contribution in [0.5, 0.6) is 11.5 Å². The van der Waals surface area contributed by atoms with E-state index in [4.69, 9.17) is 21.1 Å². The van der Waals surface area contributed by atoms with Crippen molar-refractivity contribution >= 4 is 35.0 Å². The van der Waals surface area contributed by atoms with Gasteiger partial charge in [-0.3, -0.25) is 4.79 Å². The Morgan fingerprint density at radius 2 is 1.90 bits per heavy atom. The fraction of sp³-hybridized carbons (Fsp3) is 0.250. The van der Waals surface area contributed by atoms with Crippen LogP contribution in [0.4, 0.5) is 5.69 Å². The van der Waals surface area contributed by atoms with E-state index in [0.717, 1.165) is 5.56 Å². The number of benzene rings is 2. The van der Waals surface area contributed by atoms with Gasteiger partial charge in [-0.1, -0.05) is 35.5 Å². The molecule has 0 saturated heterocycles. The van der Waals surface area contributed by atoms with Gasteiger partial charge < -0.3 is 19.4 Å². The molecule has 0 aliphatic carbocycles. The Hall–Kier alpha value is -2.71. The topological polar surface area (TPSA) is 78.3 Å². The molecule has 7 nitrogen and oxygen atoms in total. The molecule has 0 spiro atoms. The number of anilines is 1. The minimum absolute atomic E-state index is 0.160. The lowest BCUT2D eigenvalue weighted by molar-refractivity contribution is -0.113. The molecule has 9 heteroatoms. The molecule has 0 fully saturated rings. The first-order chi connectivity index (χ1) is 14.1. The first-order valence-electron chi connectivity index (χ1n) is 8.90. The summed E-state index contributed by atoms with van der Waals surface area (Å²) < 4.78 is 12.6. The van der Waals surface area contributed by atoms with Gasteiger partial charge in [-0.2, -0.15) is 0 Å². The van der Waals surface area contributed by atoms with E-state index in [1.54, 1.807) is 44.6 Å². The van der Waals surface area contributed by atoms with Crippen LogP contribution in [0.25, 0.3) is 11.4 Å². The predicted molar refractivity (Wildman–Crippen MR) is 115 cm³/mol. The Labute approximate surface area is 178 Å². The summed E-state index contributed by atoms with van der Waals surface area (Å²) in [6.07, 6.45) is 0. The molecular formula is C20H21ClN4O3S. The lowest BCUT2D eigenvalue weighted by atomic mass is 10.2. The molecule has 1 N–H and O–H groups in total. The number of methoxy groups -OCH3 is 2. The van der Waals surface area contributed by atoms with Crippen LogP contribution in [-0.4, -0.2) is 40.6 Å². The maximum Gasteiger partial charge on any atom is 0.234 e. The van der Waals surface area contributed by atoms with Crippen LogP contribution in [0.15, 0.2) is 47.6 Å². The molecule has 0 aliphatic heterocycles. The van der Waals surface area contributed by atoms with Gasteiger partial charge in [0.15, 0.2) is 11.0 Å². The lowest BCUT2D eigenvalue weighted by Crippen LogP contribution is -2.15. The number of nitrogens with one attached hydrogen (secondary N) is 1. The normalized spacial score (nSPS) is 10.6. The third-order valence-electron chi connectivity index (χ3n) is 4.15. The molecule has 3 aromatic rings. The first kappa shape index (κ1) is 21.0. The molecular weight excluding hydrogens is 412 g/mol. The largest absolute Gasteiger partial charge is 0.496 e. The number of amides is 1. The molecule has 29 heavy (non-hydrogen) atoms. The first-order valence-corrected chi connectivity index (χ1v) is 10.3. The molecule has 0 radical (unpaired) electrons. The van der Waals surface area contributed by atoms with Crippen molar-refractivity contribution in [2.75, 3.05) is 25.3 Å². The summed E-state index contributed by atoms with van der Waals surface area (Å²) in [5.41, 5.74) is 1.38. The van der Waals surface area contributed by atoms with Crippen LogP contribution in [-0.2, 0) is 11.3 Å². The summed E-state index contributed by atoms with van der Waals surface area (Å²) in [7, 11) is 3.16. The van der Waals surface area contributed by atoms with Crippen LogP contribution in [0.1, 0.15) is 6.92 Å². The van der Waals surface area contributed by atoms with Gasteiger partial charge in [0.1, 0.15) is 11.5 Å². The van der Waals surface area contributed by atoms with E-state index < -0.39 is 0 Å². The van der Waals surface area contributed by atoms with Gasteiger partial charge in [-0.25, -0.2) is 0 Å². The number of hydrogen-bond donors (Lipinski definition) is 1. The predicted octanol–water partition coefficient (Wildman–Crippen LogP) is 4.37. The summed E-state index contributed by atoms with van der Waals surface area (Å²) in [5.74, 6) is 1.93. The Morgan fingerprint density at radius 3 is 2.62 bits per heavy atom. The summed E-state index contributed by atoms with van der Waals surface area (Å²) in [6, 6.07) is 12.6. The second-order valence-corrected chi connectivity index (χ2v) is 7.31. The molecule has 0 aliphatic rings. The molecule has 3 rings (SSSR count). The van der Waals surface area contributed by atoms with Crippen molar-refractivity contribution in [3.05, 3.63) is 47.5 Å². The highest BCUT2D eigenvalue weighted by Gasteiger charge is 2.18. The number of carbonyl (C=O) groups excluding carboxylic acids is 1. The molecule has 2 aromatic carbocycles. The van der Waals surface area contributed by atoms with Crippen LogP contribution in [0.2, 0.25) is 5.02 Å². The van der Waals surface area contributed by atoms with Gasteiger partial charge >= 0.3 is 0 Å². The molecule has 1 amide bonds. The monoisotopic (exact) mass is 432 g/mol. The van der Waals surface area contributed by atoms with Crippen molar-refractivity contribution in [3.63, 3.8) is 0 Å². The molecule has 0 saturated carbocycles. The minimum Gasteiger partial charge on any atom is -0.496 e. The zero-order chi connectivity index (χ0) is 20.8. The van der Waals surface area contributed by atoms with Crippen molar-refractivity contribution in [3.8, 4) is 22.9 Å². The van der Waals surface area contributed by atoms with E-state index in [1.807, 2.05) is 23.6 Å². The molecule has 0 unspecified atom stereocenters. The summed E-state index contributed by atoms with van der Waals surface area (Å²) in [5, 5.41) is 12.6. The van der Waals surface area contributed by atoms with E-state index in [9.17, 15) is 4.79 Å². The Kier molecular flexibility index (Phi) is 7.00. The van der Waals surface area contributed by atoms with E-state index in [1.165, 1.54) is 11.8 Å². The lowest BCUT2D eigenvalue weighted by Gasteiger charge is -2.11. The van der Waals surface area contributed by atoms with Crippen molar-refractivity contribution in [2.24, 2.45) is 0 Å². The highest BCUT2D eigenvalue weighted by molar-refractivity contribution is 7.99. The van der Waals surface area contributed by atoms with Gasteiger partial charge in [-0.15, -0.1) is 10.2 Å². The molecule has 0 atom stereocenters. The third-order valence-corrected chi connectivity index (χ3v) is 5.35. The smallest absolute Gasteiger partial charge is 0.234 e. The SMILES string of the molecule is CCn1c(SCC(=O)Nc2ccccc2OC)nnc1-c1cc(Cl)ccc1OC. The third kappa shape index (κ3) is 4.83. The average Bonchev–Trinajstić information content (AvgIpc) is 3.15. The highest BCUT2D eigenvalue weighted by Crippen LogP contribution is 2.33. The van der Waals surface area contributed by atoms with Gasteiger partial charge in [0.25, 0.3) is 0 Å². The van der Waals surface area contributed by atoms with E-state index >= 15 is 0 Å². The van der Waals surface area contributed by atoms with E-state index in [0.29, 0.717) is 39.7 Å². The van der Waals surface area contributed by atoms with Crippen molar-refractivity contribution in [1.29, 1.82) is 0 Å². The van der Waals surface area contributed by atoms with Crippen LogP contribution in [0.3, 0.4) is 0 Å². The number of para-hydroxylation sites is 2. The number of halogens is 1. The molecule has 152 valence electrons. The number of carbonyl (C=O) groups is 1. The second kappa shape index (κ2) is 9.67. The zero-order valence-electron chi connectivity index (χ0n) is 16.3. The van der Waals surface area contributed by atoms with Crippen LogP contribution in [0, 0.1) is 0 Å². The average molecular weight is 433 g/mol. The number of nitrogens with zero attached hydrogens (tertiary/aromatic N) is 3. The van der Waals surface area contributed by atoms with E-state index in [2.05, 4.69) is 15.5 Å². The Balaban J connectivity index is 1.76. The fourth-order valence-corrected chi connectivity index (χ4v) is 3.77. The quantitative estimate of drug-likeness (QED) is 0.532. The van der Waals surface area contributed by atoms with Crippen LogP contribution >= 0.6 is 23.4 Å². The number of ether oxygens (including phenoxy) is 2. The zero-order valence-corrected chi connectivity index (χ0v) is 17.9. The summed E-state index contributed by atoms with van der Waals surface area (Å²) in [4.78, 5) is 12.4. The standard InChI is InChI=1S/C20H21ClN4O3S/c1-4-25-19(14-11-13(21)9-10-16(14)27-2)23-24-20(25)29-12-18(26)22-15-7-5-6-8-17(15)28-3/h5-11H,4,12H2,1-3H3,(H,22,26). The van der Waals surface area contributed by atoms with Crippen LogP contribution < -0.4 is 14.8 Å². The van der Waals surface area contributed by atoms with E-state index in [-0.39, 0.29) is 11.7 Å². The second-order valence-electron chi connectivity index (χ2n) is 5.93. The number of aromatic nitrogens is 3. The van der Waals surface area contributed by atoms with Crippen molar-refractivity contribution in [2.45, 2.75) is 18.6 Å². The van der Waals surface area contributed by atoms with Gasteiger partial charge in [0.05, 0.1) is 31.2 Å². The maximum atomic E-state index is 12.4. The number of rotatable bonds is 8. The van der Waals surface area contributed by atoms with Crippen molar-refractivity contribution < 1.29 is 14.3 Å².